The number of hydrogen-bond donors (Lipinski definition) is 2. The minimum Gasteiger partial charge on any atom is -0.339 e. The molecule has 4 nitrogen and oxygen atoms in total. The Morgan fingerprint density at radius 2 is 1.34 bits per heavy atom. The van der Waals surface area contributed by atoms with Crippen LogP contribution in [0.1, 0.15) is 58.2 Å². The van der Waals surface area contributed by atoms with E-state index < -0.39 is 11.7 Å². The van der Waals surface area contributed by atoms with Gasteiger partial charge in [0.25, 0.3) is 0 Å². The third-order valence-electron chi connectivity index (χ3n) is 5.09. The normalized spacial score (nSPS) is 12.5. The van der Waals surface area contributed by atoms with E-state index in [1.807, 2.05) is 57.2 Å². The van der Waals surface area contributed by atoms with Gasteiger partial charge in [-0.1, -0.05) is 71.9 Å². The lowest BCUT2D eigenvalue weighted by Crippen LogP contribution is -2.16. The Balaban J connectivity index is 1.97. The van der Waals surface area contributed by atoms with Gasteiger partial charge in [-0.25, -0.2) is 4.98 Å². The SMILES string of the molecule is CC(C)(C)c1ccc(Nc2ncc(C(F)(F)F)c(Nc3ccccc3C(C)(C)C)n2)cc1. The summed E-state index contributed by atoms with van der Waals surface area (Å²) in [5.74, 6) is -0.213. The molecule has 170 valence electrons. The zero-order valence-electron chi connectivity index (χ0n) is 19.2. The van der Waals surface area contributed by atoms with Gasteiger partial charge in [0, 0.05) is 17.6 Å². The molecule has 0 radical (unpaired) electrons. The van der Waals surface area contributed by atoms with Gasteiger partial charge in [-0.05, 0) is 40.2 Å². The molecule has 2 aromatic carbocycles. The highest BCUT2D eigenvalue weighted by Crippen LogP contribution is 2.37. The Morgan fingerprint density at radius 3 is 1.91 bits per heavy atom. The topological polar surface area (TPSA) is 49.8 Å². The fraction of sp³-hybridized carbons (Fsp3) is 0.360. The quantitative estimate of drug-likeness (QED) is 0.437. The summed E-state index contributed by atoms with van der Waals surface area (Å²) >= 11 is 0. The van der Waals surface area contributed by atoms with Crippen LogP contribution in [-0.2, 0) is 17.0 Å². The van der Waals surface area contributed by atoms with Crippen LogP contribution in [0.15, 0.2) is 54.7 Å². The molecular formula is C25H29F3N4. The second kappa shape index (κ2) is 8.45. The van der Waals surface area contributed by atoms with E-state index in [9.17, 15) is 13.2 Å². The molecule has 0 spiro atoms. The predicted molar refractivity (Wildman–Crippen MR) is 124 cm³/mol. The molecule has 0 unspecified atom stereocenters. The van der Waals surface area contributed by atoms with Crippen molar-refractivity contribution in [2.45, 2.75) is 58.5 Å². The Kier molecular flexibility index (Phi) is 6.22. The maximum atomic E-state index is 13.7. The smallest absolute Gasteiger partial charge is 0.339 e. The van der Waals surface area contributed by atoms with Gasteiger partial charge in [0.15, 0.2) is 0 Å². The molecule has 3 rings (SSSR count). The lowest BCUT2D eigenvalue weighted by Gasteiger charge is -2.24. The van der Waals surface area contributed by atoms with Gasteiger partial charge in [-0.2, -0.15) is 18.2 Å². The van der Waals surface area contributed by atoms with Gasteiger partial charge in [0.2, 0.25) is 5.95 Å². The summed E-state index contributed by atoms with van der Waals surface area (Å²) < 4.78 is 41.0. The molecule has 1 heterocycles. The number of nitrogens with zero attached hydrogens (tertiary/aromatic N) is 2. The average molecular weight is 443 g/mol. The predicted octanol–water partition coefficient (Wildman–Crippen LogP) is 7.58. The van der Waals surface area contributed by atoms with E-state index in [1.165, 1.54) is 0 Å². The number of para-hydroxylation sites is 1. The summed E-state index contributed by atoms with van der Waals surface area (Å²) in [6.45, 7) is 12.4. The van der Waals surface area contributed by atoms with Crippen LogP contribution in [0.3, 0.4) is 0 Å². The minimum absolute atomic E-state index is 0.000915. The molecule has 0 fully saturated rings. The molecule has 0 saturated heterocycles. The largest absolute Gasteiger partial charge is 0.421 e. The van der Waals surface area contributed by atoms with Crippen molar-refractivity contribution in [2.24, 2.45) is 0 Å². The summed E-state index contributed by atoms with van der Waals surface area (Å²) in [5.41, 5.74) is 2.13. The molecule has 32 heavy (non-hydrogen) atoms. The van der Waals surface area contributed by atoms with Crippen molar-refractivity contribution >= 4 is 23.1 Å². The number of aromatic nitrogens is 2. The molecule has 1 aromatic heterocycles. The fourth-order valence-corrected chi connectivity index (χ4v) is 3.30. The molecule has 3 aromatic rings. The van der Waals surface area contributed by atoms with E-state index in [1.54, 1.807) is 12.1 Å². The lowest BCUT2D eigenvalue weighted by atomic mass is 9.86. The summed E-state index contributed by atoms with van der Waals surface area (Å²) in [5, 5.41) is 5.90. The molecule has 0 aliphatic carbocycles. The van der Waals surface area contributed by atoms with Crippen molar-refractivity contribution in [3.63, 3.8) is 0 Å². The van der Waals surface area contributed by atoms with E-state index >= 15 is 0 Å². The summed E-state index contributed by atoms with van der Waals surface area (Å²) in [4.78, 5) is 8.07. The lowest BCUT2D eigenvalue weighted by molar-refractivity contribution is -0.137. The van der Waals surface area contributed by atoms with Crippen LogP contribution >= 0.6 is 0 Å². The van der Waals surface area contributed by atoms with Crippen LogP contribution in [0.5, 0.6) is 0 Å². The van der Waals surface area contributed by atoms with Crippen molar-refractivity contribution in [3.05, 3.63) is 71.4 Å². The number of rotatable bonds is 4. The van der Waals surface area contributed by atoms with Crippen LogP contribution in [-0.4, -0.2) is 9.97 Å². The third-order valence-corrected chi connectivity index (χ3v) is 5.09. The summed E-state index contributed by atoms with van der Waals surface area (Å²) in [7, 11) is 0. The first kappa shape index (κ1) is 23.6. The molecule has 0 amide bonds. The van der Waals surface area contributed by atoms with Crippen LogP contribution in [0.4, 0.5) is 36.3 Å². The first-order chi connectivity index (χ1) is 14.7. The Hall–Kier alpha value is -3.09. The van der Waals surface area contributed by atoms with Crippen LogP contribution in [0.25, 0.3) is 0 Å². The molecule has 0 bridgehead atoms. The highest BCUT2D eigenvalue weighted by molar-refractivity contribution is 5.66. The number of halogens is 3. The van der Waals surface area contributed by atoms with Crippen molar-refractivity contribution in [1.82, 2.24) is 9.97 Å². The molecule has 0 aliphatic rings. The van der Waals surface area contributed by atoms with Gasteiger partial charge in [0.1, 0.15) is 11.4 Å². The van der Waals surface area contributed by atoms with E-state index in [0.717, 1.165) is 17.3 Å². The molecule has 0 atom stereocenters. The minimum atomic E-state index is -4.59. The number of nitrogens with one attached hydrogen (secondary N) is 2. The van der Waals surface area contributed by atoms with Crippen molar-refractivity contribution in [2.75, 3.05) is 10.6 Å². The second-order valence-electron chi connectivity index (χ2n) is 9.83. The molecule has 7 heteroatoms. The van der Waals surface area contributed by atoms with Gasteiger partial charge in [-0.3, -0.25) is 0 Å². The average Bonchev–Trinajstić information content (AvgIpc) is 2.66. The standard InChI is InChI=1S/C25H29F3N4/c1-23(2,3)16-11-13-17(14-12-16)30-22-29-15-19(25(26,27)28)21(32-22)31-20-10-8-7-9-18(20)24(4,5)6/h7-15H,1-6H3,(H2,29,30,31,32). The second-order valence-corrected chi connectivity index (χ2v) is 9.83. The Labute approximate surface area is 187 Å². The molecular weight excluding hydrogens is 413 g/mol. The first-order valence-corrected chi connectivity index (χ1v) is 10.4. The van der Waals surface area contributed by atoms with Gasteiger partial charge >= 0.3 is 6.18 Å². The van der Waals surface area contributed by atoms with Crippen LogP contribution in [0.2, 0.25) is 0 Å². The zero-order valence-corrected chi connectivity index (χ0v) is 19.2. The monoisotopic (exact) mass is 442 g/mol. The summed E-state index contributed by atoms with van der Waals surface area (Å²) in [6.07, 6.45) is -3.78. The van der Waals surface area contributed by atoms with Gasteiger partial charge in [-0.15, -0.1) is 0 Å². The highest BCUT2D eigenvalue weighted by Gasteiger charge is 2.35. The van der Waals surface area contributed by atoms with E-state index in [0.29, 0.717) is 11.4 Å². The van der Waals surface area contributed by atoms with E-state index in [-0.39, 0.29) is 22.6 Å². The maximum absolute atomic E-state index is 13.7. The molecule has 0 saturated carbocycles. The van der Waals surface area contributed by atoms with Crippen molar-refractivity contribution < 1.29 is 13.2 Å². The van der Waals surface area contributed by atoms with Crippen LogP contribution in [0, 0.1) is 0 Å². The third kappa shape index (κ3) is 5.58. The van der Waals surface area contributed by atoms with Crippen molar-refractivity contribution in [3.8, 4) is 0 Å². The highest BCUT2D eigenvalue weighted by atomic mass is 19.4. The van der Waals surface area contributed by atoms with Crippen LogP contribution < -0.4 is 10.6 Å². The van der Waals surface area contributed by atoms with E-state index in [4.69, 9.17) is 0 Å². The zero-order chi connectivity index (χ0) is 23.7. The molecule has 0 aliphatic heterocycles. The number of hydrogen-bond acceptors (Lipinski definition) is 4. The Bertz CT molecular complexity index is 1080. The Morgan fingerprint density at radius 1 is 0.719 bits per heavy atom. The first-order valence-electron chi connectivity index (χ1n) is 10.4. The maximum Gasteiger partial charge on any atom is 0.421 e. The number of benzene rings is 2. The van der Waals surface area contributed by atoms with Gasteiger partial charge in [0.05, 0.1) is 0 Å². The van der Waals surface area contributed by atoms with Gasteiger partial charge < -0.3 is 10.6 Å². The number of anilines is 4. The fourth-order valence-electron chi connectivity index (χ4n) is 3.30. The molecule has 2 N–H and O–H groups in total. The number of alkyl halides is 3. The van der Waals surface area contributed by atoms with Crippen molar-refractivity contribution in [1.29, 1.82) is 0 Å². The summed E-state index contributed by atoms with van der Waals surface area (Å²) in [6, 6.07) is 15.0. The van der Waals surface area contributed by atoms with E-state index in [2.05, 4.69) is 41.4 Å².